The lowest BCUT2D eigenvalue weighted by atomic mass is 10.2. The van der Waals surface area contributed by atoms with Gasteiger partial charge in [0.2, 0.25) is 5.91 Å². The summed E-state index contributed by atoms with van der Waals surface area (Å²) in [7, 11) is 3.07. The summed E-state index contributed by atoms with van der Waals surface area (Å²) in [6, 6.07) is 19.7. The molecule has 0 radical (unpaired) electrons. The largest absolute Gasteiger partial charge is 0.493 e. The van der Waals surface area contributed by atoms with E-state index in [9.17, 15) is 9.59 Å². The first kappa shape index (κ1) is 22.7. The Balaban J connectivity index is 1.53. The zero-order valence-corrected chi connectivity index (χ0v) is 19.4. The van der Waals surface area contributed by atoms with Crippen molar-refractivity contribution in [2.45, 2.75) is 4.90 Å². The maximum absolute atomic E-state index is 12.5. The molecular weight excluding hydrogens is 480 g/mol. The molecule has 3 aromatic carbocycles. The second-order valence-corrected chi connectivity index (χ2v) is 8.36. The van der Waals surface area contributed by atoms with Crippen molar-refractivity contribution in [2.75, 3.05) is 30.6 Å². The zero-order chi connectivity index (χ0) is 22.2. The first-order chi connectivity index (χ1) is 15.0. The number of thioether (sulfide) groups is 1. The molecule has 0 aliphatic heterocycles. The summed E-state index contributed by atoms with van der Waals surface area (Å²) in [5.74, 6) is 0.995. The van der Waals surface area contributed by atoms with Crippen molar-refractivity contribution in [3.05, 3.63) is 76.8 Å². The van der Waals surface area contributed by atoms with Gasteiger partial charge in [0.25, 0.3) is 5.91 Å². The van der Waals surface area contributed by atoms with Gasteiger partial charge >= 0.3 is 0 Å². The summed E-state index contributed by atoms with van der Waals surface area (Å²) in [4.78, 5) is 25.6. The van der Waals surface area contributed by atoms with Crippen LogP contribution in [0.4, 0.5) is 11.4 Å². The van der Waals surface area contributed by atoms with Crippen LogP contribution >= 0.6 is 27.7 Å². The molecule has 0 aliphatic carbocycles. The highest BCUT2D eigenvalue weighted by Crippen LogP contribution is 2.28. The van der Waals surface area contributed by atoms with E-state index in [1.165, 1.54) is 18.9 Å². The number of hydrogen-bond acceptors (Lipinski definition) is 5. The molecule has 31 heavy (non-hydrogen) atoms. The number of halogens is 1. The number of benzene rings is 3. The summed E-state index contributed by atoms with van der Waals surface area (Å²) in [5.41, 5.74) is 1.87. The fourth-order valence-corrected chi connectivity index (χ4v) is 3.66. The second kappa shape index (κ2) is 10.9. The molecule has 0 aromatic heterocycles. The smallest absolute Gasteiger partial charge is 0.255 e. The lowest BCUT2D eigenvalue weighted by Crippen LogP contribution is -2.14. The van der Waals surface area contributed by atoms with E-state index < -0.39 is 0 Å². The number of rotatable bonds is 8. The number of ether oxygens (including phenoxy) is 2. The molecule has 0 aliphatic rings. The molecule has 3 aromatic rings. The molecule has 3 rings (SSSR count). The zero-order valence-electron chi connectivity index (χ0n) is 17.0. The van der Waals surface area contributed by atoms with E-state index in [1.54, 1.807) is 37.4 Å². The van der Waals surface area contributed by atoms with Gasteiger partial charge < -0.3 is 20.1 Å². The number of amides is 2. The molecule has 2 amide bonds. The SMILES string of the molecule is COc1ccc(C(=O)Nc2ccc(SCC(=O)Nc3ccc(Br)cc3)cc2)cc1OC. The average Bonchev–Trinajstić information content (AvgIpc) is 2.79. The van der Waals surface area contributed by atoms with Crippen LogP contribution in [-0.2, 0) is 4.79 Å². The van der Waals surface area contributed by atoms with Crippen molar-refractivity contribution in [3.8, 4) is 11.5 Å². The number of carbonyl (C=O) groups is 2. The molecule has 0 unspecified atom stereocenters. The van der Waals surface area contributed by atoms with Gasteiger partial charge in [-0.15, -0.1) is 11.8 Å². The molecule has 0 saturated heterocycles. The number of carbonyl (C=O) groups excluding carboxylic acids is 2. The lowest BCUT2D eigenvalue weighted by Gasteiger charge is -2.10. The minimum absolute atomic E-state index is 0.0850. The number of anilines is 2. The highest BCUT2D eigenvalue weighted by atomic mass is 79.9. The van der Waals surface area contributed by atoms with Crippen molar-refractivity contribution in [1.82, 2.24) is 0 Å². The minimum Gasteiger partial charge on any atom is -0.493 e. The van der Waals surface area contributed by atoms with E-state index in [1.807, 2.05) is 36.4 Å². The van der Waals surface area contributed by atoms with Gasteiger partial charge in [0.15, 0.2) is 11.5 Å². The summed E-state index contributed by atoms with van der Waals surface area (Å²) >= 11 is 4.78. The standard InChI is InChI=1S/C23H21BrN2O4S/c1-29-20-12-3-15(13-21(20)30-2)23(28)26-18-8-10-19(11-9-18)31-14-22(27)25-17-6-4-16(24)5-7-17/h3-13H,14H2,1-2H3,(H,25,27)(H,26,28). The fraction of sp³-hybridized carbons (Fsp3) is 0.130. The molecule has 0 spiro atoms. The molecule has 2 N–H and O–H groups in total. The summed E-state index contributed by atoms with van der Waals surface area (Å²) < 4.78 is 11.4. The van der Waals surface area contributed by atoms with Crippen LogP contribution in [-0.4, -0.2) is 31.8 Å². The van der Waals surface area contributed by atoms with E-state index in [-0.39, 0.29) is 17.6 Å². The van der Waals surface area contributed by atoms with Gasteiger partial charge in [-0.2, -0.15) is 0 Å². The van der Waals surface area contributed by atoms with E-state index in [0.717, 1.165) is 15.1 Å². The average molecular weight is 501 g/mol. The van der Waals surface area contributed by atoms with Crippen molar-refractivity contribution in [1.29, 1.82) is 0 Å². The molecule has 0 heterocycles. The molecule has 0 saturated carbocycles. The lowest BCUT2D eigenvalue weighted by molar-refractivity contribution is -0.113. The number of methoxy groups -OCH3 is 2. The van der Waals surface area contributed by atoms with E-state index >= 15 is 0 Å². The van der Waals surface area contributed by atoms with Gasteiger partial charge in [-0.25, -0.2) is 0 Å². The van der Waals surface area contributed by atoms with Gasteiger partial charge in [-0.05, 0) is 66.7 Å². The van der Waals surface area contributed by atoms with Gasteiger partial charge in [0.05, 0.1) is 20.0 Å². The van der Waals surface area contributed by atoms with Crippen LogP contribution in [0, 0.1) is 0 Å². The Hall–Kier alpha value is -2.97. The predicted octanol–water partition coefficient (Wildman–Crippen LogP) is 5.45. The van der Waals surface area contributed by atoms with Crippen molar-refractivity contribution in [2.24, 2.45) is 0 Å². The molecule has 160 valence electrons. The van der Waals surface area contributed by atoms with Crippen LogP contribution < -0.4 is 20.1 Å². The summed E-state index contributed by atoms with van der Waals surface area (Å²) in [6.07, 6.45) is 0. The molecule has 0 atom stereocenters. The highest BCUT2D eigenvalue weighted by Gasteiger charge is 2.11. The number of nitrogens with one attached hydrogen (secondary N) is 2. The van der Waals surface area contributed by atoms with Crippen LogP contribution in [0.25, 0.3) is 0 Å². The Bertz CT molecular complexity index is 1060. The Morgan fingerprint density at radius 2 is 1.45 bits per heavy atom. The van der Waals surface area contributed by atoms with Crippen LogP contribution in [0.5, 0.6) is 11.5 Å². The molecule has 0 bridgehead atoms. The Morgan fingerprint density at radius 3 is 2.10 bits per heavy atom. The van der Waals surface area contributed by atoms with Crippen molar-refractivity contribution < 1.29 is 19.1 Å². The summed E-state index contributed by atoms with van der Waals surface area (Å²) in [5, 5.41) is 5.70. The third-order valence-electron chi connectivity index (χ3n) is 4.26. The van der Waals surface area contributed by atoms with Crippen molar-refractivity contribution >= 4 is 50.9 Å². The van der Waals surface area contributed by atoms with Gasteiger partial charge in [0.1, 0.15) is 0 Å². The Kier molecular flexibility index (Phi) is 7.97. The Morgan fingerprint density at radius 1 is 0.839 bits per heavy atom. The van der Waals surface area contributed by atoms with Gasteiger partial charge in [0, 0.05) is 26.3 Å². The Labute approximate surface area is 193 Å². The maximum atomic E-state index is 12.5. The van der Waals surface area contributed by atoms with Gasteiger partial charge in [-0.1, -0.05) is 15.9 Å². The first-order valence-electron chi connectivity index (χ1n) is 9.30. The maximum Gasteiger partial charge on any atom is 0.255 e. The third-order valence-corrected chi connectivity index (χ3v) is 5.80. The molecular formula is C23H21BrN2O4S. The quantitative estimate of drug-likeness (QED) is 0.402. The first-order valence-corrected chi connectivity index (χ1v) is 11.1. The fourth-order valence-electron chi connectivity index (χ4n) is 2.69. The topological polar surface area (TPSA) is 76.7 Å². The predicted molar refractivity (Wildman–Crippen MR) is 127 cm³/mol. The van der Waals surface area contributed by atoms with Crippen molar-refractivity contribution in [3.63, 3.8) is 0 Å². The van der Waals surface area contributed by atoms with Crippen LogP contribution in [0.3, 0.4) is 0 Å². The van der Waals surface area contributed by atoms with Gasteiger partial charge in [-0.3, -0.25) is 9.59 Å². The highest BCUT2D eigenvalue weighted by molar-refractivity contribution is 9.10. The van der Waals surface area contributed by atoms with Crippen LogP contribution in [0.2, 0.25) is 0 Å². The van der Waals surface area contributed by atoms with E-state index in [4.69, 9.17) is 9.47 Å². The second-order valence-electron chi connectivity index (χ2n) is 6.39. The van der Waals surface area contributed by atoms with Crippen LogP contribution in [0.1, 0.15) is 10.4 Å². The van der Waals surface area contributed by atoms with Crippen LogP contribution in [0.15, 0.2) is 76.1 Å². The van der Waals surface area contributed by atoms with E-state index in [0.29, 0.717) is 22.7 Å². The summed E-state index contributed by atoms with van der Waals surface area (Å²) in [6.45, 7) is 0. The molecule has 0 fully saturated rings. The molecule has 8 heteroatoms. The monoisotopic (exact) mass is 500 g/mol. The normalized spacial score (nSPS) is 10.3. The number of hydrogen-bond donors (Lipinski definition) is 2. The van der Waals surface area contributed by atoms with E-state index in [2.05, 4.69) is 26.6 Å². The minimum atomic E-state index is -0.254. The molecule has 6 nitrogen and oxygen atoms in total. The third kappa shape index (κ3) is 6.50.